The van der Waals surface area contributed by atoms with Crippen LogP contribution in [0.2, 0.25) is 5.15 Å². The van der Waals surface area contributed by atoms with Crippen molar-refractivity contribution < 1.29 is 9.90 Å². The number of carboxylic acid groups (broad SMARTS) is 1. The van der Waals surface area contributed by atoms with Crippen molar-refractivity contribution >= 4 is 17.6 Å². The van der Waals surface area contributed by atoms with Crippen LogP contribution in [0.15, 0.2) is 0 Å². The van der Waals surface area contributed by atoms with Gasteiger partial charge in [0, 0.05) is 17.7 Å². The average Bonchev–Trinajstić information content (AvgIpc) is 2.28. The van der Waals surface area contributed by atoms with Crippen LogP contribution in [0, 0.1) is 6.92 Å². The molecule has 1 aromatic rings. The maximum atomic E-state index is 10.2. The van der Waals surface area contributed by atoms with Crippen molar-refractivity contribution in [2.24, 2.45) is 0 Å². The molecule has 0 atom stereocenters. The first-order valence-electron chi connectivity index (χ1n) is 3.52. The normalized spacial score (nSPS) is 10.2. The molecule has 2 N–H and O–H groups in total. The smallest absolute Gasteiger partial charge is 0.303 e. The molecule has 0 fully saturated rings. The Morgan fingerprint density at radius 2 is 2.42 bits per heavy atom. The first-order chi connectivity index (χ1) is 5.61. The molecule has 5 heteroatoms. The SMILES string of the molecule is Cc1[nH]nc(Cl)c1CCC(=O)O. The van der Waals surface area contributed by atoms with Gasteiger partial charge in [-0.3, -0.25) is 9.89 Å². The minimum atomic E-state index is -0.827. The number of aromatic nitrogens is 2. The third-order valence-corrected chi connectivity index (χ3v) is 1.92. The number of H-pyrrole nitrogens is 1. The Balaban J connectivity index is 2.68. The van der Waals surface area contributed by atoms with Gasteiger partial charge in [0.15, 0.2) is 5.15 Å². The van der Waals surface area contributed by atoms with Crippen LogP contribution in [-0.2, 0) is 11.2 Å². The van der Waals surface area contributed by atoms with Crippen LogP contribution < -0.4 is 0 Å². The number of nitrogens with zero attached hydrogens (tertiary/aromatic N) is 1. The summed E-state index contributed by atoms with van der Waals surface area (Å²) in [5.41, 5.74) is 1.63. The van der Waals surface area contributed by atoms with Crippen LogP contribution >= 0.6 is 11.6 Å². The third kappa shape index (κ3) is 1.98. The zero-order valence-corrected chi connectivity index (χ0v) is 7.35. The van der Waals surface area contributed by atoms with Crippen molar-refractivity contribution in [1.29, 1.82) is 0 Å². The second kappa shape index (κ2) is 3.58. The highest BCUT2D eigenvalue weighted by Gasteiger charge is 2.09. The molecule has 0 saturated carbocycles. The highest BCUT2D eigenvalue weighted by Crippen LogP contribution is 2.17. The van der Waals surface area contributed by atoms with Gasteiger partial charge in [-0.2, -0.15) is 5.10 Å². The Morgan fingerprint density at radius 3 is 2.83 bits per heavy atom. The fraction of sp³-hybridized carbons (Fsp3) is 0.429. The molecule has 1 aromatic heterocycles. The van der Waals surface area contributed by atoms with Crippen molar-refractivity contribution in [3.8, 4) is 0 Å². The molecule has 1 heterocycles. The average molecular weight is 189 g/mol. The van der Waals surface area contributed by atoms with Gasteiger partial charge >= 0.3 is 5.97 Å². The monoisotopic (exact) mass is 188 g/mol. The van der Waals surface area contributed by atoms with Gasteiger partial charge in [0.05, 0.1) is 0 Å². The van der Waals surface area contributed by atoms with Gasteiger partial charge in [0.2, 0.25) is 0 Å². The van der Waals surface area contributed by atoms with Crippen LogP contribution in [0.3, 0.4) is 0 Å². The van der Waals surface area contributed by atoms with Crippen molar-refractivity contribution in [2.45, 2.75) is 19.8 Å². The van der Waals surface area contributed by atoms with Gasteiger partial charge in [-0.25, -0.2) is 0 Å². The Bertz CT molecular complexity index is 276. The number of halogens is 1. The molecule has 0 saturated heterocycles. The van der Waals surface area contributed by atoms with Gasteiger partial charge in [-0.05, 0) is 13.3 Å². The second-order valence-electron chi connectivity index (χ2n) is 2.51. The lowest BCUT2D eigenvalue weighted by atomic mass is 10.1. The minimum absolute atomic E-state index is 0.0834. The molecular formula is C7H9ClN2O2. The number of aliphatic carboxylic acids is 1. The molecule has 12 heavy (non-hydrogen) atoms. The quantitative estimate of drug-likeness (QED) is 0.754. The van der Waals surface area contributed by atoms with Gasteiger partial charge in [-0.15, -0.1) is 0 Å². The van der Waals surface area contributed by atoms with Crippen LogP contribution in [0.25, 0.3) is 0 Å². The lowest BCUT2D eigenvalue weighted by Gasteiger charge is -1.95. The first kappa shape index (κ1) is 9.06. The predicted octanol–water partition coefficient (Wildman–Crippen LogP) is 1.39. The predicted molar refractivity (Wildman–Crippen MR) is 44.3 cm³/mol. The van der Waals surface area contributed by atoms with Crippen LogP contribution in [-0.4, -0.2) is 21.3 Å². The summed E-state index contributed by atoms with van der Waals surface area (Å²) in [4.78, 5) is 10.2. The number of hydrogen-bond acceptors (Lipinski definition) is 2. The summed E-state index contributed by atoms with van der Waals surface area (Å²) in [5.74, 6) is -0.827. The number of aryl methyl sites for hydroxylation is 1. The largest absolute Gasteiger partial charge is 0.481 e. The highest BCUT2D eigenvalue weighted by molar-refractivity contribution is 6.30. The summed E-state index contributed by atoms with van der Waals surface area (Å²) >= 11 is 5.69. The fourth-order valence-corrected chi connectivity index (χ4v) is 1.22. The maximum absolute atomic E-state index is 10.2. The van der Waals surface area contributed by atoms with E-state index in [1.165, 1.54) is 0 Å². The van der Waals surface area contributed by atoms with E-state index in [0.29, 0.717) is 11.6 Å². The summed E-state index contributed by atoms with van der Waals surface area (Å²) in [7, 11) is 0. The molecule has 0 aromatic carbocycles. The zero-order chi connectivity index (χ0) is 9.14. The van der Waals surface area contributed by atoms with E-state index in [-0.39, 0.29) is 6.42 Å². The van der Waals surface area contributed by atoms with E-state index in [4.69, 9.17) is 16.7 Å². The van der Waals surface area contributed by atoms with Crippen molar-refractivity contribution in [3.63, 3.8) is 0 Å². The minimum Gasteiger partial charge on any atom is -0.481 e. The van der Waals surface area contributed by atoms with E-state index in [1.54, 1.807) is 0 Å². The molecule has 1 rings (SSSR count). The maximum Gasteiger partial charge on any atom is 0.303 e. The van der Waals surface area contributed by atoms with E-state index in [9.17, 15) is 4.79 Å². The molecular weight excluding hydrogens is 180 g/mol. The van der Waals surface area contributed by atoms with E-state index >= 15 is 0 Å². The van der Waals surface area contributed by atoms with Crippen LogP contribution in [0.1, 0.15) is 17.7 Å². The highest BCUT2D eigenvalue weighted by atomic mass is 35.5. The molecule has 0 unspecified atom stereocenters. The van der Waals surface area contributed by atoms with Gasteiger partial charge < -0.3 is 5.11 Å². The number of aromatic amines is 1. The Kier molecular flexibility index (Phi) is 2.70. The Labute approximate surface area is 74.5 Å². The van der Waals surface area contributed by atoms with Crippen molar-refractivity contribution in [3.05, 3.63) is 16.4 Å². The van der Waals surface area contributed by atoms with Crippen molar-refractivity contribution in [2.75, 3.05) is 0 Å². The summed E-state index contributed by atoms with van der Waals surface area (Å²) in [6, 6.07) is 0. The standard InChI is InChI=1S/C7H9ClN2O2/c1-4-5(2-3-6(11)12)7(8)10-9-4/h2-3H2,1H3,(H,9,10)(H,11,12). The number of rotatable bonds is 3. The lowest BCUT2D eigenvalue weighted by molar-refractivity contribution is -0.136. The lowest BCUT2D eigenvalue weighted by Crippen LogP contribution is -1.98. The first-order valence-corrected chi connectivity index (χ1v) is 3.90. The van der Waals surface area contributed by atoms with Gasteiger partial charge in [0.1, 0.15) is 0 Å². The number of nitrogens with one attached hydrogen (secondary N) is 1. The molecule has 4 nitrogen and oxygen atoms in total. The summed E-state index contributed by atoms with van der Waals surface area (Å²) < 4.78 is 0. The van der Waals surface area contributed by atoms with Crippen LogP contribution in [0.5, 0.6) is 0 Å². The van der Waals surface area contributed by atoms with Gasteiger partial charge in [-0.1, -0.05) is 11.6 Å². The zero-order valence-electron chi connectivity index (χ0n) is 6.59. The molecule has 0 aliphatic carbocycles. The summed E-state index contributed by atoms with van der Waals surface area (Å²) in [6.45, 7) is 1.82. The molecule has 0 aliphatic heterocycles. The van der Waals surface area contributed by atoms with E-state index in [1.807, 2.05) is 6.92 Å². The summed E-state index contributed by atoms with van der Waals surface area (Å²) in [6.07, 6.45) is 0.511. The second-order valence-corrected chi connectivity index (χ2v) is 2.87. The third-order valence-electron chi connectivity index (χ3n) is 1.61. The Morgan fingerprint density at radius 1 is 1.75 bits per heavy atom. The van der Waals surface area contributed by atoms with E-state index < -0.39 is 5.97 Å². The molecule has 0 bridgehead atoms. The van der Waals surface area contributed by atoms with Crippen molar-refractivity contribution in [1.82, 2.24) is 10.2 Å². The summed E-state index contributed by atoms with van der Waals surface area (Å²) in [5, 5.41) is 15.2. The fourth-order valence-electron chi connectivity index (χ4n) is 0.945. The molecule has 0 radical (unpaired) electrons. The number of hydrogen-bond donors (Lipinski definition) is 2. The molecule has 0 aliphatic rings. The Hall–Kier alpha value is -1.03. The van der Waals surface area contributed by atoms with Crippen LogP contribution in [0.4, 0.5) is 0 Å². The molecule has 0 amide bonds. The van der Waals surface area contributed by atoms with E-state index in [0.717, 1.165) is 11.3 Å². The van der Waals surface area contributed by atoms with E-state index in [2.05, 4.69) is 10.2 Å². The topological polar surface area (TPSA) is 66.0 Å². The number of carbonyl (C=O) groups is 1. The molecule has 0 spiro atoms. The van der Waals surface area contributed by atoms with Gasteiger partial charge in [0.25, 0.3) is 0 Å². The number of carboxylic acids is 1. The molecule has 66 valence electrons.